The molecule has 0 bridgehead atoms. The molecular weight excluding hydrogens is 202 g/mol. The fourth-order valence-electron chi connectivity index (χ4n) is 1.64. The maximum absolute atomic E-state index is 9.98. The van der Waals surface area contributed by atoms with Crippen molar-refractivity contribution < 1.29 is 9.52 Å². The zero-order valence-corrected chi connectivity index (χ0v) is 9.47. The van der Waals surface area contributed by atoms with Gasteiger partial charge in [0.25, 0.3) is 0 Å². The fraction of sp³-hybridized carbons (Fsp3) is 0.308. The molecular formula is C13H15NO2. The van der Waals surface area contributed by atoms with Crippen molar-refractivity contribution in [2.75, 3.05) is 0 Å². The number of hydrogen-bond donors (Lipinski definition) is 1. The van der Waals surface area contributed by atoms with Crippen LogP contribution in [0, 0.1) is 13.8 Å². The summed E-state index contributed by atoms with van der Waals surface area (Å²) < 4.78 is 5.24. The van der Waals surface area contributed by atoms with Crippen LogP contribution in [0.1, 0.15) is 28.7 Å². The molecule has 1 atom stereocenters. The molecule has 16 heavy (non-hydrogen) atoms. The molecule has 0 radical (unpaired) electrons. The number of aliphatic hydroxyl groups excluding tert-OH is 1. The van der Waals surface area contributed by atoms with Crippen LogP contribution < -0.4 is 0 Å². The Morgan fingerprint density at radius 2 is 2.12 bits per heavy atom. The van der Waals surface area contributed by atoms with E-state index in [1.54, 1.807) is 12.5 Å². The molecule has 0 fully saturated rings. The summed E-state index contributed by atoms with van der Waals surface area (Å²) in [4.78, 5) is 4.26. The van der Waals surface area contributed by atoms with Gasteiger partial charge < -0.3 is 9.52 Å². The van der Waals surface area contributed by atoms with Gasteiger partial charge in [0.05, 0.1) is 6.26 Å². The summed E-state index contributed by atoms with van der Waals surface area (Å²) >= 11 is 0. The predicted octanol–water partition coefficient (Wildman–Crippen LogP) is 2.57. The van der Waals surface area contributed by atoms with Crippen molar-refractivity contribution in [1.29, 1.82) is 0 Å². The Bertz CT molecular complexity index is 459. The Kier molecular flexibility index (Phi) is 3.06. The van der Waals surface area contributed by atoms with E-state index in [1.165, 1.54) is 0 Å². The number of nitrogens with zero attached hydrogens (tertiary/aromatic N) is 1. The first-order valence-corrected chi connectivity index (χ1v) is 5.30. The lowest BCUT2D eigenvalue weighted by molar-refractivity contribution is 0.148. The van der Waals surface area contributed by atoms with Gasteiger partial charge >= 0.3 is 0 Å². The van der Waals surface area contributed by atoms with E-state index in [2.05, 4.69) is 4.98 Å². The predicted molar refractivity (Wildman–Crippen MR) is 61.1 cm³/mol. The summed E-state index contributed by atoms with van der Waals surface area (Å²) in [6.45, 7) is 3.91. The van der Waals surface area contributed by atoms with Gasteiger partial charge in [0.1, 0.15) is 11.9 Å². The first kappa shape index (κ1) is 10.9. The third-order valence-electron chi connectivity index (χ3n) is 2.58. The van der Waals surface area contributed by atoms with Crippen LogP contribution in [0.3, 0.4) is 0 Å². The summed E-state index contributed by atoms with van der Waals surface area (Å²) in [6, 6.07) is 5.77. The SMILES string of the molecule is Cc1ccc(CC(O)c2occc2C)nc1. The monoisotopic (exact) mass is 217 g/mol. The van der Waals surface area contributed by atoms with E-state index in [0.717, 1.165) is 16.8 Å². The molecule has 0 amide bonds. The largest absolute Gasteiger partial charge is 0.466 e. The number of aryl methyl sites for hydroxylation is 2. The molecule has 0 aromatic carbocycles. The quantitative estimate of drug-likeness (QED) is 0.859. The lowest BCUT2D eigenvalue weighted by Gasteiger charge is -2.08. The van der Waals surface area contributed by atoms with Crippen molar-refractivity contribution in [2.24, 2.45) is 0 Å². The number of furan rings is 1. The van der Waals surface area contributed by atoms with E-state index >= 15 is 0 Å². The molecule has 3 heteroatoms. The molecule has 2 rings (SSSR count). The molecule has 0 aliphatic rings. The molecule has 1 N–H and O–H groups in total. The van der Waals surface area contributed by atoms with Crippen molar-refractivity contribution in [3.63, 3.8) is 0 Å². The summed E-state index contributed by atoms with van der Waals surface area (Å²) in [6.07, 6.45) is 3.26. The molecule has 3 nitrogen and oxygen atoms in total. The minimum Gasteiger partial charge on any atom is -0.466 e. The summed E-state index contributed by atoms with van der Waals surface area (Å²) in [5, 5.41) is 9.98. The number of pyridine rings is 1. The van der Waals surface area contributed by atoms with E-state index in [4.69, 9.17) is 4.42 Å². The molecule has 0 aliphatic carbocycles. The molecule has 2 aromatic rings. The number of aliphatic hydroxyl groups is 1. The van der Waals surface area contributed by atoms with Gasteiger partial charge in [-0.15, -0.1) is 0 Å². The molecule has 2 heterocycles. The minimum absolute atomic E-state index is 0.481. The third kappa shape index (κ3) is 2.31. The van der Waals surface area contributed by atoms with Crippen LogP contribution in [0.4, 0.5) is 0 Å². The van der Waals surface area contributed by atoms with Gasteiger partial charge in [-0.3, -0.25) is 4.98 Å². The van der Waals surface area contributed by atoms with Crippen molar-refractivity contribution in [3.05, 3.63) is 53.2 Å². The second-order valence-corrected chi connectivity index (χ2v) is 4.01. The average Bonchev–Trinajstić information content (AvgIpc) is 2.68. The molecule has 1 unspecified atom stereocenters. The Morgan fingerprint density at radius 3 is 2.69 bits per heavy atom. The van der Waals surface area contributed by atoms with Gasteiger partial charge in [-0.05, 0) is 37.1 Å². The highest BCUT2D eigenvalue weighted by molar-refractivity contribution is 5.19. The van der Waals surface area contributed by atoms with Gasteiger partial charge in [0.15, 0.2) is 0 Å². The average molecular weight is 217 g/mol. The highest BCUT2D eigenvalue weighted by Gasteiger charge is 2.14. The van der Waals surface area contributed by atoms with Crippen LogP contribution >= 0.6 is 0 Å². The van der Waals surface area contributed by atoms with E-state index in [0.29, 0.717) is 12.2 Å². The van der Waals surface area contributed by atoms with Crippen molar-refractivity contribution >= 4 is 0 Å². The normalized spacial score (nSPS) is 12.7. The first-order chi connectivity index (χ1) is 7.66. The van der Waals surface area contributed by atoms with Gasteiger partial charge in [0, 0.05) is 18.3 Å². The number of aromatic nitrogens is 1. The smallest absolute Gasteiger partial charge is 0.135 e. The lowest BCUT2D eigenvalue weighted by Crippen LogP contribution is -2.03. The molecule has 0 spiro atoms. The van der Waals surface area contributed by atoms with Gasteiger partial charge in [0.2, 0.25) is 0 Å². The van der Waals surface area contributed by atoms with Gasteiger partial charge in [-0.25, -0.2) is 0 Å². The minimum atomic E-state index is -0.620. The van der Waals surface area contributed by atoms with Crippen molar-refractivity contribution in [2.45, 2.75) is 26.4 Å². The van der Waals surface area contributed by atoms with E-state index in [-0.39, 0.29) is 0 Å². The van der Waals surface area contributed by atoms with E-state index in [1.807, 2.05) is 32.0 Å². The zero-order chi connectivity index (χ0) is 11.5. The molecule has 0 aliphatic heterocycles. The Balaban J connectivity index is 2.10. The fourth-order valence-corrected chi connectivity index (χ4v) is 1.64. The maximum Gasteiger partial charge on any atom is 0.135 e. The van der Waals surface area contributed by atoms with E-state index in [9.17, 15) is 5.11 Å². The van der Waals surface area contributed by atoms with Crippen LogP contribution in [0.5, 0.6) is 0 Å². The molecule has 0 saturated carbocycles. The Hall–Kier alpha value is -1.61. The first-order valence-electron chi connectivity index (χ1n) is 5.30. The molecule has 0 saturated heterocycles. The summed E-state index contributed by atoms with van der Waals surface area (Å²) in [5.41, 5.74) is 2.96. The second-order valence-electron chi connectivity index (χ2n) is 4.01. The maximum atomic E-state index is 9.98. The van der Waals surface area contributed by atoms with Crippen LogP contribution in [0.2, 0.25) is 0 Å². The Morgan fingerprint density at radius 1 is 1.31 bits per heavy atom. The summed E-state index contributed by atoms with van der Waals surface area (Å²) in [5.74, 6) is 0.627. The second kappa shape index (κ2) is 4.49. The van der Waals surface area contributed by atoms with E-state index < -0.39 is 6.10 Å². The topological polar surface area (TPSA) is 46.3 Å². The van der Waals surface area contributed by atoms with Crippen molar-refractivity contribution in [1.82, 2.24) is 4.98 Å². The lowest BCUT2D eigenvalue weighted by atomic mass is 10.1. The molecule has 2 aromatic heterocycles. The summed E-state index contributed by atoms with van der Waals surface area (Å²) in [7, 11) is 0. The van der Waals surface area contributed by atoms with Crippen LogP contribution in [-0.4, -0.2) is 10.1 Å². The highest BCUT2D eigenvalue weighted by atomic mass is 16.4. The Labute approximate surface area is 94.8 Å². The van der Waals surface area contributed by atoms with Crippen molar-refractivity contribution in [3.8, 4) is 0 Å². The molecule has 84 valence electrons. The number of hydrogen-bond acceptors (Lipinski definition) is 3. The van der Waals surface area contributed by atoms with Crippen LogP contribution in [0.15, 0.2) is 35.1 Å². The standard InChI is InChI=1S/C13H15NO2/c1-9-3-4-11(14-8-9)7-12(15)13-10(2)5-6-16-13/h3-6,8,12,15H,7H2,1-2H3. The van der Waals surface area contributed by atoms with Gasteiger partial charge in [-0.2, -0.15) is 0 Å². The highest BCUT2D eigenvalue weighted by Crippen LogP contribution is 2.21. The third-order valence-corrected chi connectivity index (χ3v) is 2.58. The van der Waals surface area contributed by atoms with Crippen LogP contribution in [0.25, 0.3) is 0 Å². The number of rotatable bonds is 3. The zero-order valence-electron chi connectivity index (χ0n) is 9.47. The van der Waals surface area contributed by atoms with Gasteiger partial charge in [-0.1, -0.05) is 6.07 Å². The van der Waals surface area contributed by atoms with Crippen LogP contribution in [-0.2, 0) is 6.42 Å².